The van der Waals surface area contributed by atoms with Crippen LogP contribution in [0.2, 0.25) is 0 Å². The summed E-state index contributed by atoms with van der Waals surface area (Å²) in [6.07, 6.45) is 3.20. The van der Waals surface area contributed by atoms with Gasteiger partial charge < -0.3 is 10.1 Å². The average molecular weight is 343 g/mol. The Morgan fingerprint density at radius 3 is 2.64 bits per heavy atom. The minimum absolute atomic E-state index is 0.153. The van der Waals surface area contributed by atoms with Crippen LogP contribution in [-0.2, 0) is 22.5 Å². The topological polar surface area (TPSA) is 73.2 Å². The van der Waals surface area contributed by atoms with Crippen LogP contribution in [0.5, 0.6) is 0 Å². The van der Waals surface area contributed by atoms with Crippen molar-refractivity contribution in [2.75, 3.05) is 13.2 Å². The molecule has 1 N–H and O–H groups in total. The van der Waals surface area contributed by atoms with Crippen LogP contribution in [0, 0.1) is 0 Å². The summed E-state index contributed by atoms with van der Waals surface area (Å²) in [4.78, 5) is 23.7. The molecule has 0 saturated heterocycles. The van der Waals surface area contributed by atoms with Crippen molar-refractivity contribution < 1.29 is 14.3 Å². The Labute approximate surface area is 148 Å². The molecule has 6 heteroatoms. The molecule has 134 valence electrons. The van der Waals surface area contributed by atoms with Crippen molar-refractivity contribution in [3.8, 4) is 0 Å². The number of esters is 1. The van der Waals surface area contributed by atoms with Gasteiger partial charge >= 0.3 is 5.97 Å². The number of amides is 1. The van der Waals surface area contributed by atoms with Gasteiger partial charge in [-0.25, -0.2) is 0 Å². The van der Waals surface area contributed by atoms with Gasteiger partial charge in [0.1, 0.15) is 0 Å². The van der Waals surface area contributed by atoms with E-state index in [9.17, 15) is 9.59 Å². The van der Waals surface area contributed by atoms with Crippen molar-refractivity contribution >= 4 is 11.9 Å². The number of hydrogen-bond acceptors (Lipinski definition) is 4. The van der Waals surface area contributed by atoms with Crippen LogP contribution in [0.3, 0.4) is 0 Å². The number of carbonyl (C=O) groups excluding carboxylic acids is 2. The second kappa shape index (κ2) is 9.61. The fourth-order valence-electron chi connectivity index (χ4n) is 2.63. The summed E-state index contributed by atoms with van der Waals surface area (Å²) >= 11 is 0. The lowest BCUT2D eigenvalue weighted by Gasteiger charge is -2.09. The van der Waals surface area contributed by atoms with Gasteiger partial charge in [0.05, 0.1) is 30.6 Å². The van der Waals surface area contributed by atoms with Crippen molar-refractivity contribution in [2.45, 2.75) is 39.7 Å². The molecule has 1 aromatic carbocycles. The molecule has 0 aliphatic heterocycles. The van der Waals surface area contributed by atoms with Crippen LogP contribution < -0.4 is 5.32 Å². The molecular weight excluding hydrogens is 318 g/mol. The number of benzene rings is 1. The number of aromatic nitrogens is 2. The monoisotopic (exact) mass is 343 g/mol. The molecule has 0 unspecified atom stereocenters. The van der Waals surface area contributed by atoms with Crippen molar-refractivity contribution in [3.05, 3.63) is 53.3 Å². The lowest BCUT2D eigenvalue weighted by molar-refractivity contribution is -0.143. The zero-order chi connectivity index (χ0) is 18.1. The maximum Gasteiger partial charge on any atom is 0.305 e. The van der Waals surface area contributed by atoms with Crippen LogP contribution in [0.15, 0.2) is 36.5 Å². The maximum absolute atomic E-state index is 12.4. The van der Waals surface area contributed by atoms with E-state index < -0.39 is 0 Å². The SMILES string of the molecule is CCOC(=O)CCCNC(=O)c1cnn(Cc2ccccc2)c1CC. The molecule has 0 aliphatic rings. The lowest BCUT2D eigenvalue weighted by Crippen LogP contribution is -2.26. The Morgan fingerprint density at radius 2 is 1.96 bits per heavy atom. The molecule has 1 amide bonds. The smallest absolute Gasteiger partial charge is 0.305 e. The van der Waals surface area contributed by atoms with Crippen LogP contribution in [0.25, 0.3) is 0 Å². The summed E-state index contributed by atoms with van der Waals surface area (Å²) < 4.78 is 6.73. The van der Waals surface area contributed by atoms with Crippen LogP contribution in [0.1, 0.15) is 48.3 Å². The standard InChI is InChI=1S/C19H25N3O3/c1-3-17-16(19(24)20-12-8-11-18(23)25-4-2)13-21-22(17)14-15-9-6-5-7-10-15/h5-7,9-10,13H,3-4,8,11-12,14H2,1-2H3,(H,20,24). The van der Waals surface area contributed by atoms with Gasteiger partial charge in [-0.2, -0.15) is 5.10 Å². The molecule has 0 saturated carbocycles. The predicted molar refractivity (Wildman–Crippen MR) is 95.3 cm³/mol. The van der Waals surface area contributed by atoms with E-state index in [-0.39, 0.29) is 11.9 Å². The lowest BCUT2D eigenvalue weighted by atomic mass is 10.1. The Kier molecular flexibility index (Phi) is 7.19. The third kappa shape index (κ3) is 5.45. The van der Waals surface area contributed by atoms with Gasteiger partial charge in [-0.05, 0) is 25.3 Å². The third-order valence-corrected chi connectivity index (χ3v) is 3.85. The first-order chi connectivity index (χ1) is 12.2. The van der Waals surface area contributed by atoms with E-state index in [1.54, 1.807) is 13.1 Å². The van der Waals surface area contributed by atoms with Gasteiger partial charge in [0.25, 0.3) is 5.91 Å². The van der Waals surface area contributed by atoms with E-state index in [0.717, 1.165) is 17.7 Å². The molecule has 25 heavy (non-hydrogen) atoms. The molecule has 0 aliphatic carbocycles. The highest BCUT2D eigenvalue weighted by atomic mass is 16.5. The molecule has 0 bridgehead atoms. The van der Waals surface area contributed by atoms with E-state index in [1.165, 1.54) is 0 Å². The van der Waals surface area contributed by atoms with Gasteiger partial charge in [0.2, 0.25) is 0 Å². The maximum atomic E-state index is 12.4. The number of hydrogen-bond donors (Lipinski definition) is 1. The molecule has 0 radical (unpaired) electrons. The molecule has 2 aromatic rings. The highest BCUT2D eigenvalue weighted by molar-refractivity contribution is 5.95. The Balaban J connectivity index is 1.92. The summed E-state index contributed by atoms with van der Waals surface area (Å²) in [5, 5.41) is 7.21. The van der Waals surface area contributed by atoms with E-state index in [0.29, 0.717) is 38.1 Å². The molecule has 1 aromatic heterocycles. The summed E-state index contributed by atoms with van der Waals surface area (Å²) in [6, 6.07) is 10.0. The van der Waals surface area contributed by atoms with Crippen molar-refractivity contribution in [3.63, 3.8) is 0 Å². The molecular formula is C19H25N3O3. The number of rotatable bonds is 9. The quantitative estimate of drug-likeness (QED) is 0.561. The highest BCUT2D eigenvalue weighted by Gasteiger charge is 2.16. The first kappa shape index (κ1) is 18.7. The van der Waals surface area contributed by atoms with E-state index in [1.807, 2.05) is 41.9 Å². The fraction of sp³-hybridized carbons (Fsp3) is 0.421. The predicted octanol–water partition coefficient (Wildman–Crippen LogP) is 2.57. The second-order valence-corrected chi connectivity index (χ2v) is 5.67. The van der Waals surface area contributed by atoms with Gasteiger partial charge in [-0.15, -0.1) is 0 Å². The largest absolute Gasteiger partial charge is 0.466 e. The minimum Gasteiger partial charge on any atom is -0.466 e. The van der Waals surface area contributed by atoms with E-state index >= 15 is 0 Å². The van der Waals surface area contributed by atoms with Crippen LogP contribution in [0.4, 0.5) is 0 Å². The van der Waals surface area contributed by atoms with Crippen molar-refractivity contribution in [1.82, 2.24) is 15.1 Å². The first-order valence-electron chi connectivity index (χ1n) is 8.68. The Bertz CT molecular complexity index is 695. The molecule has 1 heterocycles. The molecule has 2 rings (SSSR count). The van der Waals surface area contributed by atoms with Crippen molar-refractivity contribution in [1.29, 1.82) is 0 Å². The summed E-state index contributed by atoms with van der Waals surface area (Å²) in [5.41, 5.74) is 2.64. The number of ether oxygens (including phenoxy) is 1. The fourth-order valence-corrected chi connectivity index (χ4v) is 2.63. The highest BCUT2D eigenvalue weighted by Crippen LogP contribution is 2.12. The zero-order valence-electron chi connectivity index (χ0n) is 14.8. The normalized spacial score (nSPS) is 10.5. The third-order valence-electron chi connectivity index (χ3n) is 3.85. The Hall–Kier alpha value is -2.63. The molecule has 0 fully saturated rings. The average Bonchev–Trinajstić information content (AvgIpc) is 3.02. The summed E-state index contributed by atoms with van der Waals surface area (Å²) in [7, 11) is 0. The van der Waals surface area contributed by atoms with E-state index in [2.05, 4.69) is 10.4 Å². The summed E-state index contributed by atoms with van der Waals surface area (Å²) in [5.74, 6) is -0.387. The molecule has 6 nitrogen and oxygen atoms in total. The number of nitrogens with one attached hydrogen (secondary N) is 1. The van der Waals surface area contributed by atoms with Gasteiger partial charge in [-0.3, -0.25) is 14.3 Å². The summed E-state index contributed by atoms with van der Waals surface area (Å²) in [6.45, 7) is 5.24. The van der Waals surface area contributed by atoms with Crippen LogP contribution in [-0.4, -0.2) is 34.8 Å². The van der Waals surface area contributed by atoms with Gasteiger partial charge in [0, 0.05) is 13.0 Å². The molecule has 0 atom stereocenters. The van der Waals surface area contributed by atoms with Crippen LogP contribution >= 0.6 is 0 Å². The number of nitrogens with zero attached hydrogens (tertiary/aromatic N) is 2. The number of carbonyl (C=O) groups is 2. The minimum atomic E-state index is -0.235. The van der Waals surface area contributed by atoms with E-state index in [4.69, 9.17) is 4.74 Å². The first-order valence-corrected chi connectivity index (χ1v) is 8.68. The van der Waals surface area contributed by atoms with Gasteiger partial charge in [-0.1, -0.05) is 37.3 Å². The second-order valence-electron chi connectivity index (χ2n) is 5.67. The van der Waals surface area contributed by atoms with Gasteiger partial charge in [0.15, 0.2) is 0 Å². The zero-order valence-corrected chi connectivity index (χ0v) is 14.8. The van der Waals surface area contributed by atoms with Crippen molar-refractivity contribution in [2.24, 2.45) is 0 Å². The Morgan fingerprint density at radius 1 is 1.20 bits per heavy atom. The molecule has 0 spiro atoms.